The van der Waals surface area contributed by atoms with Crippen molar-refractivity contribution < 1.29 is 4.79 Å². The number of nitrogens with zero attached hydrogens (tertiary/aromatic N) is 1. The van der Waals surface area contributed by atoms with E-state index in [9.17, 15) is 4.79 Å². The number of amides is 1. The molecule has 1 heterocycles. The van der Waals surface area contributed by atoms with Crippen molar-refractivity contribution in [2.75, 3.05) is 5.73 Å². The Morgan fingerprint density at radius 2 is 1.78 bits per heavy atom. The topological polar surface area (TPSA) is 81.5 Å². The number of carbonyl (C=O) groups is 1. The lowest BCUT2D eigenvalue weighted by Crippen LogP contribution is -2.49. The molecule has 1 atom stereocenters. The number of anilines is 1. The second-order valence-corrected chi connectivity index (χ2v) is 13.9. The number of nitrogen functional groups attached to an aromatic ring is 1. The number of fused-ring (bicyclic) bond motifs is 2. The molecule has 2 aliphatic rings. The molecule has 0 saturated heterocycles. The molecule has 32 heavy (non-hydrogen) atoms. The Labute approximate surface area is 191 Å². The Hall–Kier alpha value is -3.02. The highest BCUT2D eigenvalue weighted by molar-refractivity contribution is 6.98. The molecule has 0 saturated carbocycles. The van der Waals surface area contributed by atoms with Crippen LogP contribution in [-0.2, 0) is 4.79 Å². The number of nitrogens with two attached hydrogens (primary N) is 2. The van der Waals surface area contributed by atoms with Gasteiger partial charge in [0.05, 0.1) is 11.8 Å². The second-order valence-electron chi connectivity index (χ2n) is 9.59. The monoisotopic (exact) mass is 441 g/mol. The smallest absolute Gasteiger partial charge is 0.263 e. The third kappa shape index (κ3) is 4.06. The van der Waals surface area contributed by atoms with Crippen molar-refractivity contribution in [1.29, 1.82) is 0 Å². The van der Waals surface area contributed by atoms with Crippen LogP contribution in [0, 0.1) is 5.92 Å². The molecular weight excluding hydrogens is 410 g/mol. The van der Waals surface area contributed by atoms with E-state index in [1.807, 2.05) is 18.2 Å². The molecule has 1 aliphatic heterocycles. The van der Waals surface area contributed by atoms with Crippen LogP contribution in [0.5, 0.6) is 0 Å². The summed E-state index contributed by atoms with van der Waals surface area (Å²) in [4.78, 5) is 17.0. The van der Waals surface area contributed by atoms with Gasteiger partial charge in [-0.2, -0.15) is 0 Å². The largest absolute Gasteiger partial charge is 0.399 e. The number of benzene rings is 2. The molecule has 2 aromatic rings. The van der Waals surface area contributed by atoms with Crippen molar-refractivity contribution in [3.05, 3.63) is 88.7 Å². The lowest BCUT2D eigenvalue weighted by molar-refractivity contribution is -0.119. The molecule has 1 aliphatic carbocycles. The SMILES string of the molecule is CC(C)C[C@@H](N)C(=O)N=C1C=CC2=C(c3ccccc3)c3ccc(N)cc3[Si](C)(C)C2=C1. The van der Waals surface area contributed by atoms with Crippen LogP contribution < -0.4 is 16.7 Å². The number of aliphatic imine (C=N–C) groups is 1. The van der Waals surface area contributed by atoms with Gasteiger partial charge in [-0.15, -0.1) is 0 Å². The fourth-order valence-corrected chi connectivity index (χ4v) is 7.75. The maximum atomic E-state index is 12.6. The molecule has 0 fully saturated rings. The molecule has 0 radical (unpaired) electrons. The Morgan fingerprint density at radius 1 is 1.06 bits per heavy atom. The molecule has 164 valence electrons. The van der Waals surface area contributed by atoms with Gasteiger partial charge in [0.15, 0.2) is 0 Å². The average molecular weight is 442 g/mol. The third-order valence-corrected chi connectivity index (χ3v) is 9.80. The van der Waals surface area contributed by atoms with Gasteiger partial charge in [-0.3, -0.25) is 4.79 Å². The minimum absolute atomic E-state index is 0.258. The summed E-state index contributed by atoms with van der Waals surface area (Å²) < 4.78 is 0. The summed E-state index contributed by atoms with van der Waals surface area (Å²) >= 11 is 0. The molecule has 0 bridgehead atoms. The van der Waals surface area contributed by atoms with Crippen LogP contribution in [0.1, 0.15) is 31.4 Å². The van der Waals surface area contributed by atoms with E-state index in [1.165, 1.54) is 32.7 Å². The van der Waals surface area contributed by atoms with Crippen molar-refractivity contribution in [3.63, 3.8) is 0 Å². The van der Waals surface area contributed by atoms with Gasteiger partial charge in [0.1, 0.15) is 8.07 Å². The van der Waals surface area contributed by atoms with Crippen LogP contribution in [0.15, 0.2) is 82.5 Å². The van der Waals surface area contributed by atoms with Crippen LogP contribution in [0.3, 0.4) is 0 Å². The van der Waals surface area contributed by atoms with Crippen molar-refractivity contribution >= 4 is 36.1 Å². The highest BCUT2D eigenvalue weighted by Crippen LogP contribution is 2.41. The van der Waals surface area contributed by atoms with Gasteiger partial charge in [-0.25, -0.2) is 4.99 Å². The molecule has 4 rings (SSSR count). The van der Waals surface area contributed by atoms with E-state index in [0.29, 0.717) is 18.1 Å². The zero-order valence-electron chi connectivity index (χ0n) is 19.2. The first kappa shape index (κ1) is 22.2. The fourth-order valence-electron chi connectivity index (χ4n) is 4.66. The molecule has 0 aromatic heterocycles. The fraction of sp³-hybridized carbons (Fsp3) is 0.259. The Bertz CT molecular complexity index is 1190. The molecule has 1 amide bonds. The Morgan fingerprint density at radius 3 is 2.47 bits per heavy atom. The Balaban J connectivity index is 1.87. The van der Waals surface area contributed by atoms with E-state index in [-0.39, 0.29) is 5.91 Å². The number of allylic oxidation sites excluding steroid dienone is 5. The molecule has 0 spiro atoms. The van der Waals surface area contributed by atoms with E-state index in [0.717, 1.165) is 5.69 Å². The van der Waals surface area contributed by atoms with Crippen molar-refractivity contribution in [2.24, 2.45) is 16.6 Å². The van der Waals surface area contributed by atoms with Crippen molar-refractivity contribution in [3.8, 4) is 0 Å². The zero-order chi connectivity index (χ0) is 23.0. The van der Waals surface area contributed by atoms with E-state index in [2.05, 4.69) is 80.5 Å². The highest BCUT2D eigenvalue weighted by atomic mass is 28.3. The molecule has 4 nitrogen and oxygen atoms in total. The maximum Gasteiger partial charge on any atom is 0.263 e. The van der Waals surface area contributed by atoms with Crippen LogP contribution in [0.4, 0.5) is 5.69 Å². The van der Waals surface area contributed by atoms with Crippen molar-refractivity contribution in [1.82, 2.24) is 0 Å². The van der Waals surface area contributed by atoms with Crippen LogP contribution in [0.25, 0.3) is 5.57 Å². The number of hydrogen-bond acceptors (Lipinski definition) is 3. The molecule has 0 unspecified atom stereocenters. The van der Waals surface area contributed by atoms with Gasteiger partial charge in [0.2, 0.25) is 0 Å². The summed E-state index contributed by atoms with van der Waals surface area (Å²) in [5.74, 6) is 0.0925. The normalized spacial score (nSPS) is 18.9. The molecule has 2 aromatic carbocycles. The van der Waals surface area contributed by atoms with E-state index in [1.54, 1.807) is 0 Å². The summed E-state index contributed by atoms with van der Waals surface area (Å²) in [6, 6.07) is 16.1. The number of carbonyl (C=O) groups excluding carboxylic acids is 1. The van der Waals surface area contributed by atoms with E-state index in [4.69, 9.17) is 11.5 Å². The highest BCUT2D eigenvalue weighted by Gasteiger charge is 2.39. The van der Waals surface area contributed by atoms with Gasteiger partial charge in [-0.1, -0.05) is 69.4 Å². The van der Waals surface area contributed by atoms with Crippen LogP contribution in [0.2, 0.25) is 13.1 Å². The number of hydrogen-bond donors (Lipinski definition) is 2. The summed E-state index contributed by atoms with van der Waals surface area (Å²) in [5, 5.41) is 2.57. The lowest BCUT2D eigenvalue weighted by Gasteiger charge is -2.38. The van der Waals surface area contributed by atoms with E-state index >= 15 is 0 Å². The minimum atomic E-state index is -2.08. The number of rotatable bonds is 4. The van der Waals surface area contributed by atoms with Gasteiger partial charge in [0.25, 0.3) is 5.91 Å². The molecule has 4 N–H and O–H groups in total. The van der Waals surface area contributed by atoms with Gasteiger partial charge >= 0.3 is 0 Å². The predicted molar refractivity (Wildman–Crippen MR) is 138 cm³/mol. The van der Waals surface area contributed by atoms with Gasteiger partial charge < -0.3 is 11.5 Å². The molecular formula is C27H31N3OSi. The van der Waals surface area contributed by atoms with E-state index < -0.39 is 14.1 Å². The quantitative estimate of drug-likeness (QED) is 0.546. The average Bonchev–Trinajstić information content (AvgIpc) is 2.75. The minimum Gasteiger partial charge on any atom is -0.399 e. The van der Waals surface area contributed by atoms with Gasteiger partial charge in [0, 0.05) is 5.69 Å². The zero-order valence-corrected chi connectivity index (χ0v) is 20.2. The predicted octanol–water partition coefficient (Wildman–Crippen LogP) is 4.38. The summed E-state index contributed by atoms with van der Waals surface area (Å²) in [6.45, 7) is 8.79. The first-order valence-corrected chi connectivity index (χ1v) is 14.2. The Kier molecular flexibility index (Phi) is 5.88. The van der Waals surface area contributed by atoms with Gasteiger partial charge in [-0.05, 0) is 69.3 Å². The summed E-state index contributed by atoms with van der Waals surface area (Å²) in [5.41, 5.74) is 18.6. The first-order chi connectivity index (χ1) is 15.2. The lowest BCUT2D eigenvalue weighted by atomic mass is 9.90. The standard InChI is InChI=1S/C27H31N3OSi/c1-17(2)14-23(29)27(31)30-20-11-13-22-25(16-20)32(3,4)24-15-19(28)10-12-21(24)26(22)18-8-6-5-7-9-18/h5-13,15-17,23H,14,28-29H2,1-4H3/t23-/m1/s1. The van der Waals surface area contributed by atoms with Crippen molar-refractivity contribution in [2.45, 2.75) is 39.4 Å². The summed E-state index contributed by atoms with van der Waals surface area (Å²) in [6.07, 6.45) is 6.78. The maximum absolute atomic E-state index is 12.6. The second kappa shape index (κ2) is 8.49. The van der Waals surface area contributed by atoms with Crippen LogP contribution >= 0.6 is 0 Å². The first-order valence-electron chi connectivity index (χ1n) is 11.2. The van der Waals surface area contributed by atoms with Crippen LogP contribution in [-0.4, -0.2) is 25.7 Å². The molecule has 5 heteroatoms. The summed E-state index contributed by atoms with van der Waals surface area (Å²) in [7, 11) is -2.08. The third-order valence-electron chi connectivity index (χ3n) is 6.28.